The predicted octanol–water partition coefficient (Wildman–Crippen LogP) is 17.1. The van der Waals surface area contributed by atoms with Gasteiger partial charge in [0.25, 0.3) is 5.69 Å². The predicted molar refractivity (Wildman–Crippen MR) is 466 cm³/mol. The molecule has 125 heavy (non-hydrogen) atoms. The number of para-hydroxylation sites is 4. The number of aromatic hydroxyl groups is 8. The molecule has 0 radical (unpaired) electrons. The Balaban J connectivity index is 0.000000144. The fourth-order valence-electron chi connectivity index (χ4n) is 12.6. The summed E-state index contributed by atoms with van der Waals surface area (Å²) in [6, 6.07) is 71.7. The second kappa shape index (κ2) is 37.2. The normalized spacial score (nSPS) is 10.8. The molecule has 0 aliphatic heterocycles. The molecule has 1 amide bonds. The first kappa shape index (κ1) is 86.0. The van der Waals surface area contributed by atoms with Crippen molar-refractivity contribution >= 4 is 39.0 Å². The number of phenols is 8. The number of halogens is 1. The van der Waals surface area contributed by atoms with Crippen LogP contribution in [0.15, 0.2) is 260 Å². The quantitative estimate of drug-likeness (QED) is 0.0246. The number of carbonyl (C=O) groups is 2. The summed E-state index contributed by atoms with van der Waals surface area (Å²) < 4.78 is 29.8. The van der Waals surface area contributed by atoms with Gasteiger partial charge in [-0.25, -0.2) is 73.0 Å². The molecule has 0 fully saturated rings. The van der Waals surface area contributed by atoms with Crippen molar-refractivity contribution in [2.75, 3.05) is 13.4 Å². The Labute approximate surface area is 717 Å². The highest BCUT2D eigenvalue weighted by molar-refractivity contribution is 7.91. The minimum Gasteiger partial charge on any atom is -0.507 e. The lowest BCUT2D eigenvalue weighted by Gasteiger charge is -2.12. The van der Waals surface area contributed by atoms with E-state index in [1.165, 1.54) is 31.4 Å². The molecule has 10 N–H and O–H groups in total. The van der Waals surface area contributed by atoms with Crippen molar-refractivity contribution in [1.29, 1.82) is 5.26 Å². The van der Waals surface area contributed by atoms with Gasteiger partial charge < -0.3 is 51.3 Å². The molecule has 4 heterocycles. The number of nitriles is 1. The van der Waals surface area contributed by atoms with E-state index in [0.29, 0.717) is 96.0 Å². The van der Waals surface area contributed by atoms with Crippen LogP contribution in [0.4, 0.5) is 5.69 Å². The molecule has 16 aromatic rings. The Bertz CT molecular complexity index is 7050. The van der Waals surface area contributed by atoms with Gasteiger partial charge in [-0.2, -0.15) is 5.26 Å². The number of hydrogen-bond acceptors (Lipinski definition) is 28. The number of nitro benzene ring substituents is 1. The molecule has 0 spiro atoms. The van der Waals surface area contributed by atoms with Gasteiger partial charge in [-0.1, -0.05) is 96.5 Å². The first-order valence-corrected chi connectivity index (χ1v) is 39.8. The van der Waals surface area contributed by atoms with E-state index < -0.39 is 42.8 Å². The number of methoxy groups -OCH3 is 1. The number of nitrogens with two attached hydrogens (primary N) is 1. The van der Waals surface area contributed by atoms with E-state index in [9.17, 15) is 69.0 Å². The highest BCUT2D eigenvalue weighted by Gasteiger charge is 2.35. The molecule has 32 heteroatoms. The Kier molecular flexibility index (Phi) is 25.6. The van der Waals surface area contributed by atoms with Crippen LogP contribution in [0.3, 0.4) is 0 Å². The molecule has 30 nitrogen and oxygen atoms in total. The minimum atomic E-state index is -4.32. The molecule has 16 rings (SSSR count). The van der Waals surface area contributed by atoms with Gasteiger partial charge in [-0.3, -0.25) is 14.9 Å². The lowest BCUT2D eigenvalue weighted by Crippen LogP contribution is -2.18. The minimum absolute atomic E-state index is 0.0276. The molecule has 0 unspecified atom stereocenters. The first-order valence-electron chi connectivity index (χ1n) is 37.5. The van der Waals surface area contributed by atoms with Crippen molar-refractivity contribution < 1.29 is 68.5 Å². The Hall–Kier alpha value is -16.9. The number of esters is 1. The molecule has 0 aliphatic carbocycles. The monoisotopic (exact) mass is 1700 g/mol. The zero-order valence-corrected chi connectivity index (χ0v) is 68.4. The van der Waals surface area contributed by atoms with E-state index in [-0.39, 0.29) is 103 Å². The molecular weight excluding hydrogens is 1630 g/mol. The molecule has 0 bridgehead atoms. The van der Waals surface area contributed by atoms with Crippen molar-refractivity contribution in [2.45, 2.75) is 32.6 Å². The fourth-order valence-corrected chi connectivity index (χ4v) is 13.8. The summed E-state index contributed by atoms with van der Waals surface area (Å²) >= 11 is 5.99. The van der Waals surface area contributed by atoms with E-state index in [4.69, 9.17) is 27.3 Å². The summed E-state index contributed by atoms with van der Waals surface area (Å²) in [7, 11) is -3.00. The van der Waals surface area contributed by atoms with Crippen LogP contribution in [-0.4, -0.2) is 139 Å². The van der Waals surface area contributed by atoms with Crippen molar-refractivity contribution in [3.63, 3.8) is 0 Å². The van der Waals surface area contributed by atoms with Gasteiger partial charge in [0.1, 0.15) is 46.0 Å². The number of nitrogens with zero attached hydrogens (tertiary/aromatic N) is 14. The van der Waals surface area contributed by atoms with E-state index in [0.717, 1.165) is 39.9 Å². The van der Waals surface area contributed by atoms with Gasteiger partial charge in [-0.05, 0) is 220 Å². The van der Waals surface area contributed by atoms with Gasteiger partial charge in [0.2, 0.25) is 5.91 Å². The maximum Gasteiger partial charge on any atom is 0.337 e. The van der Waals surface area contributed by atoms with Crippen molar-refractivity contribution in [2.24, 2.45) is 5.73 Å². The van der Waals surface area contributed by atoms with Gasteiger partial charge in [0.05, 0.1) is 84.9 Å². The van der Waals surface area contributed by atoms with Crippen LogP contribution >= 0.6 is 11.6 Å². The Morgan fingerprint density at radius 3 is 0.888 bits per heavy atom. The number of benzene rings is 12. The second-order valence-electron chi connectivity index (χ2n) is 27.9. The van der Waals surface area contributed by atoms with Crippen molar-refractivity contribution in [3.05, 3.63) is 309 Å². The van der Waals surface area contributed by atoms with E-state index in [2.05, 4.69) is 65.9 Å². The lowest BCUT2D eigenvalue weighted by molar-refractivity contribution is -0.387. The topological polar surface area (TPSA) is 487 Å². The number of hydrogen-bond donors (Lipinski definition) is 9. The van der Waals surface area contributed by atoms with Crippen LogP contribution in [-0.2, 0) is 14.6 Å². The fraction of sp³-hybridized carbons (Fsp3) is 0.0645. The SMILES string of the molecule is COC(=O)c1ccc(-c2nc(-c3ccccc3O)nc(-c3ccc(C)cc3O)n2)cc1.Cc1ccc(-c2nc(-c3ccc(C#N)cc3)nc(-c3ccccc3O)n2)c(O)c1.Cc1ccc(-c2nc(-c3ccc(Cl)cc3)nc(-c3ccccc3O)n2)c(O)c1.Cc1ccc(-c2nc(-c3ccccc3O)nc(-c3ccc(C(N)=O)c(S(C)(=O)=O)c3[N+](=O)[O-])n2)c(O)c1. The number of ether oxygens (including phenoxy) is 1. The maximum atomic E-state index is 12.5. The average Bonchev–Trinajstić information content (AvgIpc) is 0.757. The van der Waals surface area contributed by atoms with Crippen LogP contribution in [0.5, 0.6) is 46.0 Å². The molecule has 0 saturated carbocycles. The summed E-state index contributed by atoms with van der Waals surface area (Å²) in [5.41, 5.74) is 13.0. The standard InChI is InChI=1S/C24H19N5O7S.C24H19N3O4.C23H16N4O2.C22H16ClN3O2/c1-12-7-8-14(18(31)11-12)23-26-22(13-5-3-4-6-17(13)30)27-24(28-23)15-9-10-16(21(25)32)20(37(2,35)36)19(15)29(33)34;1-14-7-12-18(20(29)13-14)23-26-21(15-8-10-16(11-9-15)24(30)31-2)25-22(27-23)17-5-3-4-6-19(17)28;1-14-6-11-18(20(29)12-14)23-26-21(16-9-7-15(13-24)8-10-16)25-22(27-23)17-4-2-3-5-19(17)28;1-13-6-11-17(19(28)12-13)22-25-20(14-7-9-15(23)10-8-14)24-21(26-22)16-4-2-3-5-18(16)27/h3-11,30-31H,1-2H3,(H2,25,32);3-13,28-29H,1-2H3;2-12,28-29H,1H3;2-12,27-28H,1H3. The molecule has 0 saturated heterocycles. The number of sulfone groups is 1. The zero-order chi connectivity index (χ0) is 89.1. The number of carbonyl (C=O) groups excluding carboxylic acids is 2. The number of phenolic OH excluding ortho intramolecular Hbond substituents is 8. The van der Waals surface area contributed by atoms with Crippen LogP contribution in [0.1, 0.15) is 48.5 Å². The van der Waals surface area contributed by atoms with Gasteiger partial charge in [0, 0.05) is 28.0 Å². The highest BCUT2D eigenvalue weighted by Crippen LogP contribution is 2.42. The molecule has 0 atom stereocenters. The van der Waals surface area contributed by atoms with Gasteiger partial charge in [-0.15, -0.1) is 0 Å². The van der Waals surface area contributed by atoms with Crippen LogP contribution in [0, 0.1) is 49.1 Å². The van der Waals surface area contributed by atoms with Crippen LogP contribution in [0.2, 0.25) is 5.02 Å². The van der Waals surface area contributed by atoms with Gasteiger partial charge >= 0.3 is 5.97 Å². The lowest BCUT2D eigenvalue weighted by atomic mass is 10.1. The van der Waals surface area contributed by atoms with Crippen LogP contribution in [0.25, 0.3) is 137 Å². The number of aryl methyl sites for hydroxylation is 4. The third kappa shape index (κ3) is 19.9. The summed E-state index contributed by atoms with van der Waals surface area (Å²) in [6.07, 6.45) is 0.710. The number of nitro groups is 1. The second-order valence-corrected chi connectivity index (χ2v) is 30.3. The summed E-state index contributed by atoms with van der Waals surface area (Å²) in [4.78, 5) is 87.5. The average molecular weight is 1710 g/mol. The molecule has 4 aromatic heterocycles. The third-order valence-corrected chi connectivity index (χ3v) is 20.2. The molecular formula is C93H70ClN15O15S. The first-order chi connectivity index (χ1) is 59.9. The maximum absolute atomic E-state index is 12.5. The number of aromatic nitrogens is 12. The summed E-state index contributed by atoms with van der Waals surface area (Å²) in [5.74, 6) is 0.619. The Morgan fingerprint density at radius 1 is 0.376 bits per heavy atom. The zero-order valence-electron chi connectivity index (χ0n) is 66.8. The Morgan fingerprint density at radius 2 is 0.632 bits per heavy atom. The van der Waals surface area contributed by atoms with E-state index >= 15 is 0 Å². The molecule has 620 valence electrons. The molecule has 12 aromatic carbocycles. The molecule has 0 aliphatic rings. The number of rotatable bonds is 16. The van der Waals surface area contributed by atoms with Crippen molar-refractivity contribution in [1.82, 2.24) is 59.8 Å². The van der Waals surface area contributed by atoms with Gasteiger partial charge in [0.15, 0.2) is 84.6 Å². The summed E-state index contributed by atoms with van der Waals surface area (Å²) in [5, 5.41) is 105. The van der Waals surface area contributed by atoms with Crippen molar-refractivity contribution in [3.8, 4) is 189 Å². The largest absolute Gasteiger partial charge is 0.507 e. The van der Waals surface area contributed by atoms with E-state index in [1.54, 1.807) is 195 Å². The number of amides is 1. The smallest absolute Gasteiger partial charge is 0.337 e. The third-order valence-electron chi connectivity index (χ3n) is 18.8. The number of primary amides is 1. The summed E-state index contributed by atoms with van der Waals surface area (Å²) in [6.45, 7) is 7.40. The van der Waals surface area contributed by atoms with E-state index in [1.807, 2.05) is 51.1 Å². The highest BCUT2D eigenvalue weighted by atomic mass is 35.5. The van der Waals surface area contributed by atoms with Crippen LogP contribution < -0.4 is 5.73 Å².